The van der Waals surface area contributed by atoms with Gasteiger partial charge in [-0.3, -0.25) is 9.54 Å². The lowest BCUT2D eigenvalue weighted by Crippen LogP contribution is -2.22. The predicted octanol–water partition coefficient (Wildman–Crippen LogP) is -0.0260. The lowest BCUT2D eigenvalue weighted by Gasteiger charge is -1.98. The number of nitrogens with one attached hydrogen (secondary N) is 1. The normalized spacial score (nSPS) is 11.4. The lowest BCUT2D eigenvalue weighted by molar-refractivity contribution is 0.466. The van der Waals surface area contributed by atoms with E-state index >= 15 is 0 Å². The maximum atomic E-state index is 10.2. The molecule has 0 aliphatic heterocycles. The Kier molecular flexibility index (Phi) is 2.74. The molecule has 66 valence electrons. The van der Waals surface area contributed by atoms with E-state index in [0.29, 0.717) is 5.69 Å². The van der Waals surface area contributed by atoms with Crippen molar-refractivity contribution in [3.63, 3.8) is 0 Å². The zero-order valence-corrected chi connectivity index (χ0v) is 6.95. The van der Waals surface area contributed by atoms with E-state index < -0.39 is 10.3 Å². The Bertz CT molecular complexity index is 335. The third-order valence-electron chi connectivity index (χ3n) is 1.16. The number of hydrogen-bond acceptors (Lipinski definition) is 3. The summed E-state index contributed by atoms with van der Waals surface area (Å²) < 4.78 is 30.7. The lowest BCUT2D eigenvalue weighted by atomic mass is 10.4. The second-order valence-electron chi connectivity index (χ2n) is 2.12. The zero-order valence-electron chi connectivity index (χ0n) is 6.14. The van der Waals surface area contributed by atoms with E-state index in [2.05, 4.69) is 4.98 Å². The first-order chi connectivity index (χ1) is 5.58. The van der Waals surface area contributed by atoms with Crippen molar-refractivity contribution in [2.24, 2.45) is 0 Å². The average Bonchev–Trinajstić information content (AvgIpc) is 2.02. The molecule has 0 saturated carbocycles. The van der Waals surface area contributed by atoms with Crippen molar-refractivity contribution < 1.29 is 13.0 Å². The van der Waals surface area contributed by atoms with E-state index in [1.807, 2.05) is 4.72 Å². The fourth-order valence-electron chi connectivity index (χ4n) is 0.668. The second kappa shape index (κ2) is 3.61. The summed E-state index contributed by atoms with van der Waals surface area (Å²) in [5.74, 6) is 0. The molecule has 0 unspecified atom stereocenters. The monoisotopic (exact) mass is 188 g/mol. The molecule has 1 heterocycles. The molecule has 1 rings (SSSR count). The number of nitrogens with zero attached hydrogens (tertiary/aromatic N) is 1. The maximum Gasteiger partial charge on any atom is 0.333 e. The Morgan fingerprint density at radius 2 is 2.25 bits per heavy atom. The summed E-state index contributed by atoms with van der Waals surface area (Å²) in [6.45, 7) is -0.000324. The Labute approximate surface area is 70.3 Å². The fraction of sp³-hybridized carbons (Fsp3) is 0.167. The van der Waals surface area contributed by atoms with Crippen molar-refractivity contribution in [1.82, 2.24) is 9.71 Å². The Morgan fingerprint density at radius 1 is 1.50 bits per heavy atom. The maximum absolute atomic E-state index is 10.2. The van der Waals surface area contributed by atoms with Crippen LogP contribution in [0.5, 0.6) is 0 Å². The second-order valence-corrected chi connectivity index (χ2v) is 3.36. The summed E-state index contributed by atoms with van der Waals surface area (Å²) in [5, 5.41) is 0. The van der Waals surface area contributed by atoms with Crippen LogP contribution in [0.25, 0.3) is 0 Å². The summed E-state index contributed by atoms with van der Waals surface area (Å²) >= 11 is 0. The third kappa shape index (κ3) is 3.42. The summed E-state index contributed by atoms with van der Waals surface area (Å²) in [7, 11) is -4.11. The molecule has 0 aromatic carbocycles. The van der Waals surface area contributed by atoms with Gasteiger partial charge in [0.2, 0.25) is 0 Å². The first-order valence-corrected chi connectivity index (χ1v) is 4.64. The smallest absolute Gasteiger partial charge is 0.273 e. The van der Waals surface area contributed by atoms with Gasteiger partial charge in [-0.05, 0) is 12.1 Å². The highest BCUT2D eigenvalue weighted by molar-refractivity contribution is 7.83. The van der Waals surface area contributed by atoms with E-state index in [9.17, 15) is 8.42 Å². The van der Waals surface area contributed by atoms with Gasteiger partial charge < -0.3 is 0 Å². The van der Waals surface area contributed by atoms with Crippen LogP contribution in [0.2, 0.25) is 0 Å². The summed E-state index contributed by atoms with van der Waals surface area (Å²) in [6, 6.07) is 5.10. The zero-order chi connectivity index (χ0) is 9.03. The van der Waals surface area contributed by atoms with Crippen molar-refractivity contribution in [3.8, 4) is 0 Å². The Hall–Kier alpha value is -0.980. The van der Waals surface area contributed by atoms with Gasteiger partial charge in [-0.1, -0.05) is 6.07 Å². The van der Waals surface area contributed by atoms with Gasteiger partial charge in [0.15, 0.2) is 0 Å². The van der Waals surface area contributed by atoms with Gasteiger partial charge in [-0.25, -0.2) is 0 Å². The highest BCUT2D eigenvalue weighted by Crippen LogP contribution is 1.92. The van der Waals surface area contributed by atoms with Crippen molar-refractivity contribution in [2.75, 3.05) is 0 Å². The van der Waals surface area contributed by atoms with Gasteiger partial charge in [-0.15, -0.1) is 0 Å². The molecule has 1 aromatic rings. The Morgan fingerprint density at radius 3 is 2.75 bits per heavy atom. The quantitative estimate of drug-likeness (QED) is 0.653. The van der Waals surface area contributed by atoms with E-state index in [4.69, 9.17) is 4.55 Å². The molecule has 12 heavy (non-hydrogen) atoms. The van der Waals surface area contributed by atoms with Crippen LogP contribution in [0.3, 0.4) is 0 Å². The molecule has 0 atom stereocenters. The minimum Gasteiger partial charge on any atom is -0.273 e. The van der Waals surface area contributed by atoms with Crippen LogP contribution in [0.4, 0.5) is 0 Å². The number of pyridine rings is 1. The van der Waals surface area contributed by atoms with Crippen molar-refractivity contribution in [3.05, 3.63) is 30.1 Å². The van der Waals surface area contributed by atoms with Gasteiger partial charge in [0.25, 0.3) is 0 Å². The van der Waals surface area contributed by atoms with Crippen molar-refractivity contribution in [1.29, 1.82) is 0 Å². The van der Waals surface area contributed by atoms with E-state index in [0.717, 1.165) is 0 Å². The molecule has 0 bridgehead atoms. The van der Waals surface area contributed by atoms with Gasteiger partial charge >= 0.3 is 10.3 Å². The molecule has 0 spiro atoms. The van der Waals surface area contributed by atoms with Crippen LogP contribution < -0.4 is 4.72 Å². The first kappa shape index (κ1) is 9.11. The van der Waals surface area contributed by atoms with E-state index in [1.165, 1.54) is 0 Å². The van der Waals surface area contributed by atoms with Crippen LogP contribution in [0.1, 0.15) is 5.69 Å². The van der Waals surface area contributed by atoms with Crippen LogP contribution in [-0.4, -0.2) is 18.0 Å². The highest BCUT2D eigenvalue weighted by atomic mass is 32.2. The highest BCUT2D eigenvalue weighted by Gasteiger charge is 2.02. The molecule has 1 aromatic heterocycles. The topological polar surface area (TPSA) is 79.3 Å². The summed E-state index contributed by atoms with van der Waals surface area (Å²) in [5.41, 5.74) is 0.551. The third-order valence-corrected chi connectivity index (χ3v) is 1.67. The average molecular weight is 188 g/mol. The first-order valence-electron chi connectivity index (χ1n) is 3.20. The van der Waals surface area contributed by atoms with E-state index in [-0.39, 0.29) is 6.54 Å². The van der Waals surface area contributed by atoms with Gasteiger partial charge in [0.05, 0.1) is 12.2 Å². The minimum atomic E-state index is -4.11. The van der Waals surface area contributed by atoms with E-state index in [1.54, 1.807) is 24.4 Å². The molecular formula is C6H8N2O3S. The van der Waals surface area contributed by atoms with Crippen molar-refractivity contribution >= 4 is 10.3 Å². The van der Waals surface area contributed by atoms with Crippen LogP contribution >= 0.6 is 0 Å². The molecular weight excluding hydrogens is 180 g/mol. The number of aromatic nitrogens is 1. The summed E-state index contributed by atoms with van der Waals surface area (Å²) in [4.78, 5) is 3.84. The molecule has 0 radical (unpaired) electrons. The fourth-order valence-corrected chi connectivity index (χ4v) is 0.998. The summed E-state index contributed by atoms with van der Waals surface area (Å²) in [6.07, 6.45) is 1.54. The van der Waals surface area contributed by atoms with Gasteiger partial charge in [0.1, 0.15) is 0 Å². The molecule has 6 heteroatoms. The van der Waals surface area contributed by atoms with Gasteiger partial charge in [0, 0.05) is 6.20 Å². The largest absolute Gasteiger partial charge is 0.333 e. The minimum absolute atomic E-state index is 0.000324. The molecule has 2 N–H and O–H groups in total. The molecule has 0 amide bonds. The molecule has 0 saturated heterocycles. The number of rotatable bonds is 3. The molecule has 5 nitrogen and oxygen atoms in total. The standard InChI is InChI=1S/C6H8N2O3S/c9-12(10,11)8-5-6-3-1-2-4-7-6/h1-4,8H,5H2,(H,9,10,11). The van der Waals surface area contributed by atoms with Gasteiger partial charge in [-0.2, -0.15) is 13.1 Å². The van der Waals surface area contributed by atoms with Crippen LogP contribution in [0, 0.1) is 0 Å². The number of hydrogen-bond donors (Lipinski definition) is 2. The molecule has 0 fully saturated rings. The SMILES string of the molecule is O=S(=O)(O)NCc1ccccn1. The molecule has 0 aliphatic carbocycles. The van der Waals surface area contributed by atoms with Crippen LogP contribution in [-0.2, 0) is 16.8 Å². The molecule has 0 aliphatic rings. The van der Waals surface area contributed by atoms with Crippen LogP contribution in [0.15, 0.2) is 24.4 Å². The Balaban J connectivity index is 2.56. The predicted molar refractivity (Wildman–Crippen MR) is 42.6 cm³/mol. The van der Waals surface area contributed by atoms with Crippen molar-refractivity contribution in [2.45, 2.75) is 6.54 Å².